The van der Waals surface area contributed by atoms with E-state index in [1.54, 1.807) is 0 Å². The van der Waals surface area contributed by atoms with E-state index in [4.69, 9.17) is 5.73 Å². The Morgan fingerprint density at radius 1 is 1.46 bits per heavy atom. The lowest BCUT2D eigenvalue weighted by molar-refractivity contribution is 0.818. The third-order valence-corrected chi connectivity index (χ3v) is 2.31. The summed E-state index contributed by atoms with van der Waals surface area (Å²) in [5.74, 6) is 0. The van der Waals surface area contributed by atoms with Crippen LogP contribution in [0.3, 0.4) is 0 Å². The van der Waals surface area contributed by atoms with Crippen LogP contribution in [0.15, 0.2) is 24.3 Å². The average Bonchev–Trinajstić information content (AvgIpc) is 2.17. The zero-order valence-corrected chi connectivity index (χ0v) is 7.75. The van der Waals surface area contributed by atoms with Gasteiger partial charge in [0.2, 0.25) is 0 Å². The Balaban J connectivity index is 2.53. The molecule has 1 aliphatic heterocycles. The molecule has 0 spiro atoms. The van der Waals surface area contributed by atoms with Gasteiger partial charge in [-0.3, -0.25) is 0 Å². The van der Waals surface area contributed by atoms with E-state index in [-0.39, 0.29) is 6.04 Å². The maximum Gasteiger partial charge on any atom is 0.0464 e. The van der Waals surface area contributed by atoms with E-state index in [2.05, 4.69) is 35.7 Å². The van der Waals surface area contributed by atoms with E-state index in [9.17, 15) is 0 Å². The van der Waals surface area contributed by atoms with Crippen molar-refractivity contribution >= 4 is 11.8 Å². The van der Waals surface area contributed by atoms with E-state index >= 15 is 0 Å². The maximum atomic E-state index is 5.87. The van der Waals surface area contributed by atoms with Crippen molar-refractivity contribution in [1.29, 1.82) is 0 Å². The van der Waals surface area contributed by atoms with Crippen LogP contribution in [0, 0.1) is 0 Å². The predicted molar refractivity (Wildman–Crippen MR) is 56.6 cm³/mol. The van der Waals surface area contributed by atoms with Crippen LogP contribution in [0.5, 0.6) is 0 Å². The van der Waals surface area contributed by atoms with Gasteiger partial charge >= 0.3 is 0 Å². The Labute approximate surface area is 78.5 Å². The number of rotatable bonds is 1. The molecule has 0 aliphatic carbocycles. The standard InChI is InChI=1S/C11H14N2/c1-8(12)10-6-2-4-9-5-3-7-13-11(9)10/h2-6,8,13H,7,12H2,1H3. The average molecular weight is 174 g/mol. The summed E-state index contributed by atoms with van der Waals surface area (Å²) in [5.41, 5.74) is 9.50. The van der Waals surface area contributed by atoms with Crippen LogP contribution in [-0.2, 0) is 0 Å². The van der Waals surface area contributed by atoms with Crippen LogP contribution in [0.1, 0.15) is 24.1 Å². The highest BCUT2D eigenvalue weighted by atomic mass is 14.9. The summed E-state index contributed by atoms with van der Waals surface area (Å²) in [6.45, 7) is 2.91. The quantitative estimate of drug-likeness (QED) is 0.684. The predicted octanol–water partition coefficient (Wildman–Crippen LogP) is 2.15. The monoisotopic (exact) mass is 174 g/mol. The molecule has 0 radical (unpaired) electrons. The van der Waals surface area contributed by atoms with Crippen LogP contribution in [0.4, 0.5) is 5.69 Å². The molecular formula is C11H14N2. The third-order valence-electron chi connectivity index (χ3n) is 2.31. The van der Waals surface area contributed by atoms with Crippen molar-refractivity contribution in [2.45, 2.75) is 13.0 Å². The van der Waals surface area contributed by atoms with Gasteiger partial charge < -0.3 is 11.1 Å². The van der Waals surface area contributed by atoms with Crippen LogP contribution in [-0.4, -0.2) is 6.54 Å². The van der Waals surface area contributed by atoms with E-state index in [1.165, 1.54) is 16.8 Å². The van der Waals surface area contributed by atoms with Gasteiger partial charge in [-0.15, -0.1) is 0 Å². The first-order valence-electron chi connectivity index (χ1n) is 4.58. The fraction of sp³-hybridized carbons (Fsp3) is 0.273. The molecule has 1 aromatic carbocycles. The Hall–Kier alpha value is -1.28. The van der Waals surface area contributed by atoms with Gasteiger partial charge in [0, 0.05) is 18.3 Å². The Morgan fingerprint density at radius 2 is 2.31 bits per heavy atom. The lowest BCUT2D eigenvalue weighted by Crippen LogP contribution is -2.12. The molecule has 0 amide bonds. The van der Waals surface area contributed by atoms with Crippen molar-refractivity contribution in [3.05, 3.63) is 35.4 Å². The van der Waals surface area contributed by atoms with Crippen LogP contribution >= 0.6 is 0 Å². The number of hydrogen-bond acceptors (Lipinski definition) is 2. The Kier molecular flexibility index (Phi) is 2.07. The first-order chi connectivity index (χ1) is 6.29. The number of hydrogen-bond donors (Lipinski definition) is 2. The van der Waals surface area contributed by atoms with Crippen LogP contribution in [0.25, 0.3) is 6.08 Å². The fourth-order valence-corrected chi connectivity index (χ4v) is 1.66. The Bertz CT molecular complexity index is 340. The van der Waals surface area contributed by atoms with Gasteiger partial charge in [-0.25, -0.2) is 0 Å². The lowest BCUT2D eigenvalue weighted by atomic mass is 10.00. The van der Waals surface area contributed by atoms with Gasteiger partial charge in [0.05, 0.1) is 0 Å². The van der Waals surface area contributed by atoms with E-state index < -0.39 is 0 Å². The zero-order valence-electron chi connectivity index (χ0n) is 7.75. The van der Waals surface area contributed by atoms with Gasteiger partial charge in [0.25, 0.3) is 0 Å². The molecule has 2 nitrogen and oxygen atoms in total. The topological polar surface area (TPSA) is 38.0 Å². The van der Waals surface area contributed by atoms with E-state index in [0.29, 0.717) is 0 Å². The molecule has 1 unspecified atom stereocenters. The number of para-hydroxylation sites is 1. The molecule has 1 aromatic rings. The molecule has 0 fully saturated rings. The summed E-state index contributed by atoms with van der Waals surface area (Å²) < 4.78 is 0. The second-order valence-corrected chi connectivity index (χ2v) is 3.38. The van der Waals surface area contributed by atoms with E-state index in [0.717, 1.165) is 6.54 Å². The van der Waals surface area contributed by atoms with Gasteiger partial charge in [-0.2, -0.15) is 0 Å². The van der Waals surface area contributed by atoms with Gasteiger partial charge in [-0.05, 0) is 18.1 Å². The van der Waals surface area contributed by atoms with E-state index in [1.807, 2.05) is 6.92 Å². The van der Waals surface area contributed by atoms with Crippen molar-refractivity contribution in [3.8, 4) is 0 Å². The first kappa shape index (κ1) is 8.32. The molecule has 2 heteroatoms. The van der Waals surface area contributed by atoms with Crippen molar-refractivity contribution in [2.24, 2.45) is 5.73 Å². The molecule has 0 aromatic heterocycles. The third kappa shape index (κ3) is 1.45. The number of anilines is 1. The minimum Gasteiger partial charge on any atom is -0.381 e. The highest BCUT2D eigenvalue weighted by Crippen LogP contribution is 2.28. The molecule has 1 aliphatic rings. The number of nitrogens with one attached hydrogen (secondary N) is 1. The molecule has 1 heterocycles. The second-order valence-electron chi connectivity index (χ2n) is 3.38. The molecule has 0 saturated heterocycles. The minimum atomic E-state index is 0.0916. The van der Waals surface area contributed by atoms with Crippen molar-refractivity contribution in [1.82, 2.24) is 0 Å². The summed E-state index contributed by atoms with van der Waals surface area (Å²) in [6.07, 6.45) is 4.25. The lowest BCUT2D eigenvalue weighted by Gasteiger charge is -2.19. The summed E-state index contributed by atoms with van der Waals surface area (Å²) in [4.78, 5) is 0. The molecular weight excluding hydrogens is 160 g/mol. The summed E-state index contributed by atoms with van der Waals surface area (Å²) in [5, 5.41) is 3.35. The smallest absolute Gasteiger partial charge is 0.0464 e. The largest absolute Gasteiger partial charge is 0.381 e. The van der Waals surface area contributed by atoms with Crippen LogP contribution in [0.2, 0.25) is 0 Å². The van der Waals surface area contributed by atoms with Gasteiger partial charge in [0.1, 0.15) is 0 Å². The van der Waals surface area contributed by atoms with Crippen LogP contribution < -0.4 is 11.1 Å². The summed E-state index contributed by atoms with van der Waals surface area (Å²) >= 11 is 0. The SMILES string of the molecule is CC(N)c1cccc2c1NCC=C2. The highest BCUT2D eigenvalue weighted by Gasteiger charge is 2.10. The normalized spacial score (nSPS) is 16.2. The van der Waals surface area contributed by atoms with Crippen molar-refractivity contribution < 1.29 is 0 Å². The van der Waals surface area contributed by atoms with Crippen molar-refractivity contribution in [2.75, 3.05) is 11.9 Å². The summed E-state index contributed by atoms with van der Waals surface area (Å²) in [6, 6.07) is 6.32. The fourth-order valence-electron chi connectivity index (χ4n) is 1.66. The van der Waals surface area contributed by atoms with Crippen molar-refractivity contribution in [3.63, 3.8) is 0 Å². The molecule has 3 N–H and O–H groups in total. The molecule has 2 rings (SSSR count). The summed E-state index contributed by atoms with van der Waals surface area (Å²) in [7, 11) is 0. The minimum absolute atomic E-state index is 0.0916. The number of nitrogens with two attached hydrogens (primary N) is 1. The Morgan fingerprint density at radius 3 is 3.08 bits per heavy atom. The molecule has 1 atom stereocenters. The first-order valence-corrected chi connectivity index (χ1v) is 4.58. The molecule has 0 saturated carbocycles. The maximum absolute atomic E-state index is 5.87. The molecule has 0 bridgehead atoms. The van der Waals surface area contributed by atoms with Gasteiger partial charge in [-0.1, -0.05) is 30.4 Å². The number of benzene rings is 1. The molecule has 68 valence electrons. The van der Waals surface area contributed by atoms with Gasteiger partial charge in [0.15, 0.2) is 0 Å². The second kappa shape index (κ2) is 3.23. The molecule has 13 heavy (non-hydrogen) atoms. The zero-order chi connectivity index (χ0) is 9.26. The highest BCUT2D eigenvalue weighted by molar-refractivity contribution is 5.73. The number of fused-ring (bicyclic) bond motifs is 1.